The van der Waals surface area contributed by atoms with Crippen LogP contribution >= 0.6 is 35.6 Å². The predicted octanol–water partition coefficient (Wildman–Crippen LogP) is 3.21. The number of rotatable bonds is 8. The van der Waals surface area contributed by atoms with Gasteiger partial charge in [0.05, 0.1) is 13.1 Å². The molecule has 8 heteroatoms. The zero-order valence-corrected chi connectivity index (χ0v) is 19.0. The lowest BCUT2D eigenvalue weighted by atomic mass is 10.2. The smallest absolute Gasteiger partial charge is 0.239 e. The molecular formula is C20H26ClIN4O2. The first-order valence-corrected chi connectivity index (χ1v) is 9.12. The Morgan fingerprint density at radius 3 is 2.39 bits per heavy atom. The molecule has 1 unspecified atom stereocenters. The number of nitrogens with one attached hydrogen (secondary N) is 3. The van der Waals surface area contributed by atoms with Crippen molar-refractivity contribution in [3.8, 4) is 5.75 Å². The lowest BCUT2D eigenvalue weighted by Crippen LogP contribution is -2.45. The molecule has 0 fully saturated rings. The summed E-state index contributed by atoms with van der Waals surface area (Å²) in [5.74, 6) is 1.18. The van der Waals surface area contributed by atoms with E-state index in [1.54, 1.807) is 19.2 Å². The maximum atomic E-state index is 12.0. The van der Waals surface area contributed by atoms with Crippen LogP contribution in [0.5, 0.6) is 5.75 Å². The number of aliphatic imine (C=N–C) groups is 1. The molecule has 0 aliphatic heterocycles. The molecule has 0 aliphatic rings. The van der Waals surface area contributed by atoms with E-state index >= 15 is 0 Å². The van der Waals surface area contributed by atoms with Crippen molar-refractivity contribution >= 4 is 47.4 Å². The Balaban J connectivity index is 0.00000392. The first-order chi connectivity index (χ1) is 13.1. The van der Waals surface area contributed by atoms with Gasteiger partial charge in [0.1, 0.15) is 11.9 Å². The van der Waals surface area contributed by atoms with Crippen molar-refractivity contribution in [2.24, 2.45) is 4.99 Å². The van der Waals surface area contributed by atoms with Gasteiger partial charge in [-0.2, -0.15) is 0 Å². The molecule has 0 aromatic heterocycles. The summed E-state index contributed by atoms with van der Waals surface area (Å²) in [5, 5.41) is 9.65. The van der Waals surface area contributed by atoms with E-state index in [2.05, 4.69) is 20.9 Å². The van der Waals surface area contributed by atoms with Gasteiger partial charge in [-0.15, -0.1) is 24.0 Å². The van der Waals surface area contributed by atoms with E-state index in [1.807, 2.05) is 49.4 Å². The van der Waals surface area contributed by atoms with Crippen LogP contribution in [0.4, 0.5) is 0 Å². The average molecular weight is 517 g/mol. The van der Waals surface area contributed by atoms with Crippen molar-refractivity contribution in [1.82, 2.24) is 16.0 Å². The Morgan fingerprint density at radius 1 is 1.07 bits per heavy atom. The molecule has 0 bridgehead atoms. The number of amides is 1. The molecule has 152 valence electrons. The Labute approximate surface area is 188 Å². The summed E-state index contributed by atoms with van der Waals surface area (Å²) in [6.45, 7) is 3.12. The van der Waals surface area contributed by atoms with Crippen LogP contribution < -0.4 is 20.7 Å². The molecule has 0 aliphatic carbocycles. The largest absolute Gasteiger partial charge is 0.489 e. The number of halogens is 2. The van der Waals surface area contributed by atoms with Gasteiger partial charge in [0.25, 0.3) is 0 Å². The van der Waals surface area contributed by atoms with Crippen LogP contribution in [0.3, 0.4) is 0 Å². The highest BCUT2D eigenvalue weighted by Gasteiger charge is 2.07. The van der Waals surface area contributed by atoms with E-state index in [0.717, 1.165) is 11.3 Å². The van der Waals surface area contributed by atoms with E-state index in [4.69, 9.17) is 16.3 Å². The Hall–Kier alpha value is -2.00. The number of guanidine groups is 1. The number of hydrogen-bond donors (Lipinski definition) is 3. The van der Waals surface area contributed by atoms with E-state index in [0.29, 0.717) is 24.1 Å². The molecule has 2 aromatic rings. The number of carbonyl (C=O) groups is 1. The van der Waals surface area contributed by atoms with Gasteiger partial charge in [0, 0.05) is 18.6 Å². The maximum absolute atomic E-state index is 12.0. The number of nitrogens with zero attached hydrogens (tertiary/aromatic N) is 1. The minimum absolute atomic E-state index is 0. The number of benzene rings is 2. The molecule has 2 rings (SSSR count). The Bertz CT molecular complexity index is 742. The normalized spacial score (nSPS) is 11.8. The summed E-state index contributed by atoms with van der Waals surface area (Å²) in [5.41, 5.74) is 1.06. The molecule has 0 radical (unpaired) electrons. The molecule has 6 nitrogen and oxygen atoms in total. The molecule has 0 heterocycles. The molecule has 28 heavy (non-hydrogen) atoms. The third-order valence-corrected chi connectivity index (χ3v) is 3.93. The van der Waals surface area contributed by atoms with Crippen LogP contribution in [0.25, 0.3) is 0 Å². The molecule has 1 amide bonds. The van der Waals surface area contributed by atoms with Crippen LogP contribution in [0.15, 0.2) is 59.6 Å². The standard InChI is InChI=1S/C20H25ClN4O2.HI/c1-15(27-18-10-8-17(21)9-11-18)12-24-20(22-2)25-14-19(26)23-13-16-6-4-3-5-7-16;/h3-11,15H,12-14H2,1-2H3,(H,23,26)(H2,22,24,25);1H. The maximum Gasteiger partial charge on any atom is 0.239 e. The predicted molar refractivity (Wildman–Crippen MR) is 125 cm³/mol. The number of ether oxygens (including phenoxy) is 1. The highest BCUT2D eigenvalue weighted by Crippen LogP contribution is 2.16. The minimum Gasteiger partial charge on any atom is -0.489 e. The molecule has 0 saturated carbocycles. The molecule has 1 atom stereocenters. The van der Waals surface area contributed by atoms with Crippen LogP contribution in [-0.2, 0) is 11.3 Å². The monoisotopic (exact) mass is 516 g/mol. The fourth-order valence-electron chi connectivity index (χ4n) is 2.27. The van der Waals surface area contributed by atoms with E-state index in [9.17, 15) is 4.79 Å². The Morgan fingerprint density at radius 2 is 1.75 bits per heavy atom. The highest BCUT2D eigenvalue weighted by molar-refractivity contribution is 14.0. The zero-order valence-electron chi connectivity index (χ0n) is 15.9. The fourth-order valence-corrected chi connectivity index (χ4v) is 2.40. The summed E-state index contributed by atoms with van der Waals surface area (Å²) in [6, 6.07) is 17.0. The molecule has 0 saturated heterocycles. The van der Waals surface area contributed by atoms with Crippen LogP contribution in [-0.4, -0.2) is 38.1 Å². The summed E-state index contributed by atoms with van der Waals surface area (Å²) in [6.07, 6.45) is -0.0865. The third kappa shape index (κ3) is 9.27. The van der Waals surface area contributed by atoms with Crippen molar-refractivity contribution in [2.75, 3.05) is 20.1 Å². The zero-order chi connectivity index (χ0) is 19.5. The topological polar surface area (TPSA) is 74.8 Å². The van der Waals surface area contributed by atoms with Gasteiger partial charge in [-0.05, 0) is 36.8 Å². The summed E-state index contributed by atoms with van der Waals surface area (Å²) in [4.78, 5) is 16.1. The van der Waals surface area contributed by atoms with Gasteiger partial charge in [-0.1, -0.05) is 41.9 Å². The lowest BCUT2D eigenvalue weighted by Gasteiger charge is -2.17. The van der Waals surface area contributed by atoms with Crippen LogP contribution in [0.1, 0.15) is 12.5 Å². The van der Waals surface area contributed by atoms with Gasteiger partial charge in [0.2, 0.25) is 5.91 Å². The quantitative estimate of drug-likeness (QED) is 0.286. The van der Waals surface area contributed by atoms with Gasteiger partial charge in [-0.25, -0.2) is 0 Å². The SMILES string of the molecule is CN=C(NCC(=O)NCc1ccccc1)NCC(C)Oc1ccc(Cl)cc1.I. The van der Waals surface area contributed by atoms with Crippen molar-refractivity contribution in [1.29, 1.82) is 0 Å². The minimum atomic E-state index is -0.104. The van der Waals surface area contributed by atoms with E-state index in [1.165, 1.54) is 0 Å². The fraction of sp³-hybridized carbons (Fsp3) is 0.300. The van der Waals surface area contributed by atoms with Gasteiger partial charge in [0.15, 0.2) is 5.96 Å². The summed E-state index contributed by atoms with van der Waals surface area (Å²) in [7, 11) is 1.65. The summed E-state index contributed by atoms with van der Waals surface area (Å²) < 4.78 is 5.79. The molecule has 0 spiro atoms. The molecular weight excluding hydrogens is 491 g/mol. The van der Waals surface area contributed by atoms with Crippen molar-refractivity contribution in [3.63, 3.8) is 0 Å². The van der Waals surface area contributed by atoms with Gasteiger partial charge in [-0.3, -0.25) is 9.79 Å². The third-order valence-electron chi connectivity index (χ3n) is 3.68. The summed E-state index contributed by atoms with van der Waals surface area (Å²) >= 11 is 5.86. The van der Waals surface area contributed by atoms with Gasteiger partial charge >= 0.3 is 0 Å². The second-order valence-electron chi connectivity index (χ2n) is 5.95. The Kier molecular flexibility index (Phi) is 11.4. The highest BCUT2D eigenvalue weighted by atomic mass is 127. The molecule has 3 N–H and O–H groups in total. The van der Waals surface area contributed by atoms with E-state index in [-0.39, 0.29) is 42.5 Å². The van der Waals surface area contributed by atoms with Crippen LogP contribution in [0, 0.1) is 0 Å². The lowest BCUT2D eigenvalue weighted by molar-refractivity contribution is -0.120. The van der Waals surface area contributed by atoms with Crippen molar-refractivity contribution in [3.05, 3.63) is 65.2 Å². The van der Waals surface area contributed by atoms with E-state index < -0.39 is 0 Å². The second kappa shape index (κ2) is 13.2. The second-order valence-corrected chi connectivity index (χ2v) is 6.39. The first-order valence-electron chi connectivity index (χ1n) is 8.74. The van der Waals surface area contributed by atoms with Crippen molar-refractivity contribution < 1.29 is 9.53 Å². The molecule has 2 aromatic carbocycles. The van der Waals surface area contributed by atoms with Crippen molar-refractivity contribution in [2.45, 2.75) is 19.6 Å². The number of carbonyl (C=O) groups excluding carboxylic acids is 1. The first kappa shape index (κ1) is 24.0. The average Bonchev–Trinajstić information content (AvgIpc) is 2.69. The van der Waals surface area contributed by atoms with Crippen LogP contribution in [0.2, 0.25) is 5.02 Å². The number of hydrogen-bond acceptors (Lipinski definition) is 3. The van der Waals surface area contributed by atoms with Gasteiger partial charge < -0.3 is 20.7 Å².